The number of carbonyl (C=O) groups is 3. The molecule has 334 valence electrons. The molecule has 0 rings (SSSR count). The molecule has 6 heteroatoms. The number of allylic oxidation sites excluding steroid dienone is 16. The highest BCUT2D eigenvalue weighted by molar-refractivity contribution is 5.71. The first-order valence-corrected chi connectivity index (χ1v) is 23.7. The van der Waals surface area contributed by atoms with E-state index in [1.807, 2.05) is 0 Å². The molecule has 0 amide bonds. The van der Waals surface area contributed by atoms with Crippen LogP contribution in [0.1, 0.15) is 201 Å². The molecule has 0 heterocycles. The normalized spacial score (nSPS) is 12.9. The zero-order chi connectivity index (χ0) is 43.0. The molecule has 0 saturated heterocycles. The second-order valence-electron chi connectivity index (χ2n) is 15.3. The molecule has 1 atom stereocenters. The zero-order valence-electron chi connectivity index (χ0n) is 38.0. The molecule has 0 radical (unpaired) electrons. The Bertz CT molecular complexity index is 1220. The van der Waals surface area contributed by atoms with Crippen LogP contribution in [-0.4, -0.2) is 37.2 Å². The van der Waals surface area contributed by atoms with Crippen LogP contribution in [0, 0.1) is 0 Å². The number of unbranched alkanes of at least 4 members (excludes halogenated alkanes) is 14. The Labute approximate surface area is 362 Å². The Morgan fingerprint density at radius 3 is 1.08 bits per heavy atom. The first-order chi connectivity index (χ1) is 29.0. The molecule has 0 aromatic heterocycles. The Balaban J connectivity index is 4.41. The summed E-state index contributed by atoms with van der Waals surface area (Å²) in [6.45, 7) is 6.32. The SMILES string of the molecule is CC/C=C\C/C=C\C/C=C\C/C=C\C/C=C\C/C=C\CCCCC(=O)OCC(COC(=O)CCCCCCC/C=C\CCC)OC(=O)CCCCCCC/C=C\CCC. The average Bonchev–Trinajstić information content (AvgIpc) is 3.23. The van der Waals surface area contributed by atoms with E-state index in [2.05, 4.69) is 118 Å². The summed E-state index contributed by atoms with van der Waals surface area (Å²) in [5.41, 5.74) is 0. The Morgan fingerprint density at radius 2 is 0.661 bits per heavy atom. The van der Waals surface area contributed by atoms with Crippen molar-refractivity contribution in [3.05, 3.63) is 97.2 Å². The van der Waals surface area contributed by atoms with Gasteiger partial charge in [-0.2, -0.15) is 0 Å². The largest absolute Gasteiger partial charge is 0.462 e. The molecule has 0 aromatic carbocycles. The van der Waals surface area contributed by atoms with E-state index in [9.17, 15) is 14.4 Å². The zero-order valence-corrected chi connectivity index (χ0v) is 38.0. The highest BCUT2D eigenvalue weighted by atomic mass is 16.6. The van der Waals surface area contributed by atoms with E-state index in [1.165, 1.54) is 25.7 Å². The maximum absolute atomic E-state index is 12.7. The third-order valence-electron chi connectivity index (χ3n) is 9.50. The van der Waals surface area contributed by atoms with Crippen molar-refractivity contribution in [1.29, 1.82) is 0 Å². The van der Waals surface area contributed by atoms with Crippen molar-refractivity contribution in [3.63, 3.8) is 0 Å². The molecule has 1 unspecified atom stereocenters. The number of carbonyl (C=O) groups excluding carboxylic acids is 3. The van der Waals surface area contributed by atoms with Gasteiger partial charge >= 0.3 is 17.9 Å². The number of ether oxygens (including phenoxy) is 3. The molecule has 0 saturated carbocycles. The summed E-state index contributed by atoms with van der Waals surface area (Å²) in [5.74, 6) is -0.977. The standard InChI is InChI=1S/C53H86O6/c1-4-7-10-13-16-19-22-23-24-25-26-27-28-29-30-31-32-35-37-40-43-46-52(55)58-49-50(59-53(56)47-44-41-38-34-21-18-15-12-9-6-3)48-57-51(54)45-42-39-36-33-20-17-14-11-8-5-2/h7,10-12,14-16,19,23-24,26-27,29-30,32,35,50H,4-6,8-9,13,17-18,20-22,25,28,31,33-34,36-49H2,1-3H3/b10-7-,14-11-,15-12-,19-16-,24-23-,27-26-,30-29-,35-32-. The fraction of sp³-hybridized carbons (Fsp3) is 0.642. The van der Waals surface area contributed by atoms with E-state index >= 15 is 0 Å². The van der Waals surface area contributed by atoms with Crippen molar-refractivity contribution in [2.75, 3.05) is 13.2 Å². The van der Waals surface area contributed by atoms with Crippen molar-refractivity contribution in [2.45, 2.75) is 207 Å². The molecule has 0 spiro atoms. The minimum atomic E-state index is -0.801. The average molecular weight is 819 g/mol. The van der Waals surface area contributed by atoms with Crippen LogP contribution in [-0.2, 0) is 28.6 Å². The second-order valence-corrected chi connectivity index (χ2v) is 15.3. The highest BCUT2D eigenvalue weighted by Gasteiger charge is 2.19. The van der Waals surface area contributed by atoms with Gasteiger partial charge in [0.15, 0.2) is 6.10 Å². The van der Waals surface area contributed by atoms with Crippen LogP contribution in [0.3, 0.4) is 0 Å². The van der Waals surface area contributed by atoms with E-state index in [0.29, 0.717) is 19.3 Å². The van der Waals surface area contributed by atoms with Gasteiger partial charge in [-0.3, -0.25) is 14.4 Å². The summed E-state index contributed by atoms with van der Waals surface area (Å²) < 4.78 is 16.6. The van der Waals surface area contributed by atoms with Crippen molar-refractivity contribution >= 4 is 17.9 Å². The molecule has 0 bridgehead atoms. The fourth-order valence-corrected chi connectivity index (χ4v) is 5.98. The lowest BCUT2D eigenvalue weighted by Crippen LogP contribution is -2.30. The number of esters is 3. The first kappa shape index (κ1) is 55.3. The Kier molecular flexibility index (Phi) is 44.1. The summed E-state index contributed by atoms with van der Waals surface area (Å²) >= 11 is 0. The first-order valence-electron chi connectivity index (χ1n) is 23.7. The van der Waals surface area contributed by atoms with E-state index in [0.717, 1.165) is 135 Å². The van der Waals surface area contributed by atoms with Gasteiger partial charge in [0.25, 0.3) is 0 Å². The quantitative estimate of drug-likeness (QED) is 0.0265. The lowest BCUT2D eigenvalue weighted by atomic mass is 10.1. The summed E-state index contributed by atoms with van der Waals surface area (Å²) in [7, 11) is 0. The molecule has 0 aromatic rings. The van der Waals surface area contributed by atoms with Crippen LogP contribution in [0.25, 0.3) is 0 Å². The van der Waals surface area contributed by atoms with Gasteiger partial charge in [0.2, 0.25) is 0 Å². The Morgan fingerprint density at radius 1 is 0.356 bits per heavy atom. The van der Waals surface area contributed by atoms with Crippen LogP contribution in [0.5, 0.6) is 0 Å². The number of hydrogen-bond donors (Lipinski definition) is 0. The monoisotopic (exact) mass is 819 g/mol. The van der Waals surface area contributed by atoms with Gasteiger partial charge in [-0.25, -0.2) is 0 Å². The molecule has 59 heavy (non-hydrogen) atoms. The predicted molar refractivity (Wildman–Crippen MR) is 251 cm³/mol. The van der Waals surface area contributed by atoms with Crippen LogP contribution < -0.4 is 0 Å². The Hall–Kier alpha value is -3.67. The van der Waals surface area contributed by atoms with E-state index in [1.54, 1.807) is 0 Å². The predicted octanol–water partition coefficient (Wildman–Crippen LogP) is 15.4. The van der Waals surface area contributed by atoms with Crippen LogP contribution in [0.2, 0.25) is 0 Å². The molecular weight excluding hydrogens is 733 g/mol. The highest BCUT2D eigenvalue weighted by Crippen LogP contribution is 2.12. The van der Waals surface area contributed by atoms with Gasteiger partial charge < -0.3 is 14.2 Å². The van der Waals surface area contributed by atoms with Gasteiger partial charge in [-0.1, -0.05) is 169 Å². The van der Waals surface area contributed by atoms with E-state index in [4.69, 9.17) is 14.2 Å². The lowest BCUT2D eigenvalue weighted by Gasteiger charge is -2.18. The fourth-order valence-electron chi connectivity index (χ4n) is 5.98. The molecule has 0 aliphatic rings. The van der Waals surface area contributed by atoms with Crippen molar-refractivity contribution in [3.8, 4) is 0 Å². The second kappa shape index (κ2) is 47.0. The van der Waals surface area contributed by atoms with Crippen molar-refractivity contribution < 1.29 is 28.6 Å². The van der Waals surface area contributed by atoms with E-state index < -0.39 is 6.10 Å². The molecule has 0 fully saturated rings. The summed E-state index contributed by atoms with van der Waals surface area (Å²) in [6, 6.07) is 0. The van der Waals surface area contributed by atoms with Gasteiger partial charge in [-0.05, 0) is 109 Å². The number of rotatable bonds is 41. The van der Waals surface area contributed by atoms with Crippen LogP contribution in [0.4, 0.5) is 0 Å². The molecule has 0 aliphatic heterocycles. The van der Waals surface area contributed by atoms with E-state index in [-0.39, 0.29) is 31.1 Å². The lowest BCUT2D eigenvalue weighted by molar-refractivity contribution is -0.167. The molecule has 0 aliphatic carbocycles. The van der Waals surface area contributed by atoms with Gasteiger partial charge in [0, 0.05) is 19.3 Å². The van der Waals surface area contributed by atoms with Crippen LogP contribution >= 0.6 is 0 Å². The third kappa shape index (κ3) is 45.3. The topological polar surface area (TPSA) is 78.9 Å². The van der Waals surface area contributed by atoms with Gasteiger partial charge in [0.05, 0.1) is 0 Å². The van der Waals surface area contributed by atoms with Gasteiger partial charge in [0.1, 0.15) is 13.2 Å². The molecule has 6 nitrogen and oxygen atoms in total. The maximum Gasteiger partial charge on any atom is 0.306 e. The summed E-state index contributed by atoms with van der Waals surface area (Å²) in [6.07, 6.45) is 61.1. The maximum atomic E-state index is 12.7. The van der Waals surface area contributed by atoms with Crippen molar-refractivity contribution in [1.82, 2.24) is 0 Å². The van der Waals surface area contributed by atoms with Crippen LogP contribution in [0.15, 0.2) is 97.2 Å². The summed E-state index contributed by atoms with van der Waals surface area (Å²) in [4.78, 5) is 37.7. The minimum Gasteiger partial charge on any atom is -0.462 e. The third-order valence-corrected chi connectivity index (χ3v) is 9.50. The van der Waals surface area contributed by atoms with Crippen molar-refractivity contribution in [2.24, 2.45) is 0 Å². The number of hydrogen-bond acceptors (Lipinski definition) is 6. The minimum absolute atomic E-state index is 0.101. The smallest absolute Gasteiger partial charge is 0.306 e. The summed E-state index contributed by atoms with van der Waals surface area (Å²) in [5, 5.41) is 0. The molecular formula is C53H86O6. The van der Waals surface area contributed by atoms with Gasteiger partial charge in [-0.15, -0.1) is 0 Å². The molecule has 0 N–H and O–H groups in total.